The number of benzene rings is 1. The molecule has 0 aliphatic rings. The van der Waals surface area contributed by atoms with Crippen molar-refractivity contribution in [3.63, 3.8) is 0 Å². The quantitative estimate of drug-likeness (QED) is 0.930. The monoisotopic (exact) mass is 275 g/mol. The molecule has 2 aromatic rings. The van der Waals surface area contributed by atoms with Crippen molar-refractivity contribution in [1.82, 2.24) is 4.98 Å². The van der Waals surface area contributed by atoms with Crippen molar-refractivity contribution in [1.29, 1.82) is 5.26 Å². The zero-order chi connectivity index (χ0) is 13.8. The van der Waals surface area contributed by atoms with Gasteiger partial charge in [0.15, 0.2) is 0 Å². The highest BCUT2D eigenvalue weighted by Crippen LogP contribution is 2.19. The third-order valence-electron chi connectivity index (χ3n) is 2.77. The predicted molar refractivity (Wildman–Crippen MR) is 74.9 cm³/mol. The topological polar surface area (TPSA) is 48.7 Å². The van der Waals surface area contributed by atoms with Crippen LogP contribution in [0.3, 0.4) is 0 Å². The van der Waals surface area contributed by atoms with Crippen LogP contribution in [0.25, 0.3) is 0 Å². The molecule has 1 aromatic heterocycles. The lowest BCUT2D eigenvalue weighted by atomic mass is 10.2. The first-order valence-electron chi connectivity index (χ1n) is 5.96. The largest absolute Gasteiger partial charge is 0.384 e. The summed E-state index contributed by atoms with van der Waals surface area (Å²) in [4.78, 5) is 5.61. The fourth-order valence-electron chi connectivity index (χ4n) is 1.88. The maximum absolute atomic E-state index is 13.0. The molecular formula is C14H14FN3S. The van der Waals surface area contributed by atoms with Crippen LogP contribution in [0.1, 0.15) is 21.1 Å². The number of aryl methyl sites for hydroxylation is 2. The number of aromatic nitrogens is 1. The SMILES string of the molecule is Cc1nc(C)c(CCNc2ccc(F)cc2C#N)s1. The Morgan fingerprint density at radius 1 is 1.42 bits per heavy atom. The van der Waals surface area contributed by atoms with E-state index in [4.69, 9.17) is 5.26 Å². The Hall–Kier alpha value is -1.93. The fourth-order valence-corrected chi connectivity index (χ4v) is 2.82. The van der Waals surface area contributed by atoms with Gasteiger partial charge in [0.05, 0.1) is 22.0 Å². The summed E-state index contributed by atoms with van der Waals surface area (Å²) in [5.41, 5.74) is 2.06. The van der Waals surface area contributed by atoms with Gasteiger partial charge in [-0.05, 0) is 32.0 Å². The molecule has 0 unspecified atom stereocenters. The van der Waals surface area contributed by atoms with Crippen molar-refractivity contribution >= 4 is 17.0 Å². The van der Waals surface area contributed by atoms with Crippen molar-refractivity contribution in [3.05, 3.63) is 45.2 Å². The number of rotatable bonds is 4. The van der Waals surface area contributed by atoms with Crippen molar-refractivity contribution in [3.8, 4) is 6.07 Å². The Bertz CT molecular complexity index is 628. The minimum Gasteiger partial charge on any atom is -0.384 e. The summed E-state index contributed by atoms with van der Waals surface area (Å²) in [7, 11) is 0. The van der Waals surface area contributed by atoms with Gasteiger partial charge in [-0.3, -0.25) is 0 Å². The van der Waals surface area contributed by atoms with Gasteiger partial charge in [0, 0.05) is 17.8 Å². The molecule has 2 rings (SSSR count). The molecule has 3 nitrogen and oxygen atoms in total. The minimum absolute atomic E-state index is 0.331. The van der Waals surface area contributed by atoms with Crippen LogP contribution in [0.15, 0.2) is 18.2 Å². The van der Waals surface area contributed by atoms with Gasteiger partial charge in [0.25, 0.3) is 0 Å². The molecule has 0 radical (unpaired) electrons. The van der Waals surface area contributed by atoms with E-state index in [0.717, 1.165) is 17.1 Å². The number of hydrogen-bond donors (Lipinski definition) is 1. The molecule has 0 aliphatic carbocycles. The third-order valence-corrected chi connectivity index (χ3v) is 3.90. The molecular weight excluding hydrogens is 261 g/mol. The maximum Gasteiger partial charge on any atom is 0.124 e. The minimum atomic E-state index is -0.393. The van der Waals surface area contributed by atoms with Crippen molar-refractivity contribution in [2.24, 2.45) is 0 Å². The van der Waals surface area contributed by atoms with E-state index in [1.165, 1.54) is 17.0 Å². The number of hydrogen-bond acceptors (Lipinski definition) is 4. The van der Waals surface area contributed by atoms with E-state index in [-0.39, 0.29) is 0 Å². The summed E-state index contributed by atoms with van der Waals surface area (Å²) < 4.78 is 13.0. The molecule has 0 fully saturated rings. The molecule has 1 aromatic carbocycles. The van der Waals surface area contributed by atoms with Crippen LogP contribution >= 0.6 is 11.3 Å². The lowest BCUT2D eigenvalue weighted by molar-refractivity contribution is 0.627. The Labute approximate surface area is 115 Å². The smallest absolute Gasteiger partial charge is 0.124 e. The number of nitrogens with one attached hydrogen (secondary N) is 1. The van der Waals surface area contributed by atoms with Gasteiger partial charge < -0.3 is 5.32 Å². The van der Waals surface area contributed by atoms with Gasteiger partial charge in [-0.25, -0.2) is 9.37 Å². The first-order valence-corrected chi connectivity index (χ1v) is 6.78. The van der Waals surface area contributed by atoms with Gasteiger partial charge >= 0.3 is 0 Å². The van der Waals surface area contributed by atoms with Crippen LogP contribution in [0.5, 0.6) is 0 Å². The molecule has 0 atom stereocenters. The number of nitrogens with zero attached hydrogens (tertiary/aromatic N) is 2. The standard InChI is InChI=1S/C14H14FN3S/c1-9-14(19-10(2)18-9)5-6-17-13-4-3-12(15)7-11(13)8-16/h3-4,7,17H,5-6H2,1-2H3. The fraction of sp³-hybridized carbons (Fsp3) is 0.286. The van der Waals surface area contributed by atoms with Crippen LogP contribution in [0.4, 0.5) is 10.1 Å². The second-order valence-electron chi connectivity index (χ2n) is 4.22. The summed E-state index contributed by atoms with van der Waals surface area (Å²) in [6.07, 6.45) is 0.847. The van der Waals surface area contributed by atoms with E-state index in [0.29, 0.717) is 17.8 Å². The van der Waals surface area contributed by atoms with Crippen LogP contribution < -0.4 is 5.32 Å². The van der Waals surface area contributed by atoms with E-state index >= 15 is 0 Å². The van der Waals surface area contributed by atoms with Gasteiger partial charge in [-0.2, -0.15) is 5.26 Å². The van der Waals surface area contributed by atoms with E-state index in [1.54, 1.807) is 17.4 Å². The van der Waals surface area contributed by atoms with Gasteiger partial charge in [-0.1, -0.05) is 0 Å². The Morgan fingerprint density at radius 2 is 2.21 bits per heavy atom. The highest BCUT2D eigenvalue weighted by molar-refractivity contribution is 7.11. The Kier molecular flexibility index (Phi) is 4.13. The van der Waals surface area contributed by atoms with Crippen LogP contribution in [-0.2, 0) is 6.42 Å². The summed E-state index contributed by atoms with van der Waals surface area (Å²) >= 11 is 1.69. The van der Waals surface area contributed by atoms with Crippen LogP contribution in [0.2, 0.25) is 0 Å². The van der Waals surface area contributed by atoms with E-state index in [1.807, 2.05) is 19.9 Å². The summed E-state index contributed by atoms with van der Waals surface area (Å²) in [6.45, 7) is 4.68. The van der Waals surface area contributed by atoms with Crippen molar-refractivity contribution in [2.45, 2.75) is 20.3 Å². The maximum atomic E-state index is 13.0. The van der Waals surface area contributed by atoms with Gasteiger partial charge in [0.1, 0.15) is 11.9 Å². The van der Waals surface area contributed by atoms with Crippen molar-refractivity contribution < 1.29 is 4.39 Å². The molecule has 0 bridgehead atoms. The van der Waals surface area contributed by atoms with Gasteiger partial charge in [0.2, 0.25) is 0 Å². The molecule has 19 heavy (non-hydrogen) atoms. The second kappa shape index (κ2) is 5.81. The average molecular weight is 275 g/mol. The molecule has 1 N–H and O–H groups in total. The molecule has 0 aliphatic heterocycles. The zero-order valence-electron chi connectivity index (χ0n) is 10.8. The third kappa shape index (κ3) is 3.30. The molecule has 0 amide bonds. The summed E-state index contributed by atoms with van der Waals surface area (Å²) in [5, 5.41) is 13.2. The predicted octanol–water partition coefficient (Wildman–Crippen LogP) is 3.43. The first kappa shape index (κ1) is 13.5. The molecule has 98 valence electrons. The van der Waals surface area contributed by atoms with Crippen molar-refractivity contribution in [2.75, 3.05) is 11.9 Å². The summed E-state index contributed by atoms with van der Waals surface area (Å²) in [6, 6.07) is 6.18. The molecule has 0 spiro atoms. The molecule has 1 heterocycles. The van der Waals surface area contributed by atoms with E-state index < -0.39 is 5.82 Å². The highest BCUT2D eigenvalue weighted by atomic mass is 32.1. The first-order chi connectivity index (χ1) is 9.10. The highest BCUT2D eigenvalue weighted by Gasteiger charge is 2.06. The lowest BCUT2D eigenvalue weighted by Gasteiger charge is -2.07. The number of anilines is 1. The lowest BCUT2D eigenvalue weighted by Crippen LogP contribution is -2.06. The van der Waals surface area contributed by atoms with Crippen LogP contribution in [0, 0.1) is 31.0 Å². The number of thiazole rings is 1. The average Bonchev–Trinajstić information content (AvgIpc) is 2.69. The second-order valence-corrected chi connectivity index (χ2v) is 5.51. The molecule has 5 heteroatoms. The normalized spacial score (nSPS) is 10.2. The number of nitriles is 1. The van der Waals surface area contributed by atoms with Crippen LogP contribution in [-0.4, -0.2) is 11.5 Å². The number of halogens is 1. The zero-order valence-corrected chi connectivity index (χ0v) is 11.6. The van der Waals surface area contributed by atoms with Gasteiger partial charge in [-0.15, -0.1) is 11.3 Å². The summed E-state index contributed by atoms with van der Waals surface area (Å²) in [5.74, 6) is -0.393. The Morgan fingerprint density at radius 3 is 2.84 bits per heavy atom. The molecule has 0 saturated carbocycles. The molecule has 0 saturated heterocycles. The van der Waals surface area contributed by atoms with E-state index in [9.17, 15) is 4.39 Å². The Balaban J connectivity index is 2.00. The van der Waals surface area contributed by atoms with E-state index in [2.05, 4.69) is 10.3 Å².